The molecule has 1 aliphatic rings. The fourth-order valence-corrected chi connectivity index (χ4v) is 3.11. The van der Waals surface area contributed by atoms with Crippen molar-refractivity contribution >= 4 is 40.7 Å². The van der Waals surface area contributed by atoms with Crippen LogP contribution in [-0.4, -0.2) is 30.2 Å². The standard InChI is InChI=1S/C22H18N4O5/c1-12-9-14(5-7-16(12)26-22(30)18-3-2-8-31-18)24-20(28)13-4-6-15-17(10-13)25-19(27)11-23-21(15)29/h2-10H,11H2,1H3,(H,23,29)(H,24,28)(H,25,27)(H,26,30). The quantitative estimate of drug-likeness (QED) is 0.518. The molecule has 9 nitrogen and oxygen atoms in total. The summed E-state index contributed by atoms with van der Waals surface area (Å²) < 4.78 is 5.07. The van der Waals surface area contributed by atoms with Gasteiger partial charge >= 0.3 is 0 Å². The lowest BCUT2D eigenvalue weighted by atomic mass is 10.1. The second-order valence-electron chi connectivity index (χ2n) is 6.91. The fraction of sp³-hybridized carbons (Fsp3) is 0.0909. The van der Waals surface area contributed by atoms with Crippen molar-refractivity contribution in [3.63, 3.8) is 0 Å². The van der Waals surface area contributed by atoms with Gasteiger partial charge in [0, 0.05) is 16.9 Å². The third-order valence-electron chi connectivity index (χ3n) is 4.69. The van der Waals surface area contributed by atoms with Crippen LogP contribution in [0.25, 0.3) is 0 Å². The topological polar surface area (TPSA) is 130 Å². The number of amides is 4. The molecule has 0 atom stereocenters. The predicted octanol–water partition coefficient (Wildman–Crippen LogP) is 2.77. The Kier molecular flexibility index (Phi) is 5.23. The Hall–Kier alpha value is -4.40. The van der Waals surface area contributed by atoms with E-state index in [9.17, 15) is 19.2 Å². The first-order chi connectivity index (χ1) is 14.9. The van der Waals surface area contributed by atoms with Crippen LogP contribution in [0.2, 0.25) is 0 Å². The minimum atomic E-state index is -0.409. The highest BCUT2D eigenvalue weighted by molar-refractivity contribution is 6.11. The van der Waals surface area contributed by atoms with Gasteiger partial charge in [0.1, 0.15) is 0 Å². The number of anilines is 3. The van der Waals surface area contributed by atoms with Crippen molar-refractivity contribution in [3.05, 3.63) is 77.2 Å². The Balaban J connectivity index is 1.49. The summed E-state index contributed by atoms with van der Waals surface area (Å²) in [5, 5.41) is 10.6. The second kappa shape index (κ2) is 8.15. The largest absolute Gasteiger partial charge is 0.459 e. The first kappa shape index (κ1) is 19.9. The molecule has 0 unspecified atom stereocenters. The highest BCUT2D eigenvalue weighted by atomic mass is 16.3. The van der Waals surface area contributed by atoms with E-state index in [1.165, 1.54) is 24.5 Å². The molecule has 4 N–H and O–H groups in total. The van der Waals surface area contributed by atoms with E-state index in [2.05, 4.69) is 21.3 Å². The molecule has 0 aliphatic carbocycles. The van der Waals surface area contributed by atoms with E-state index < -0.39 is 5.91 Å². The SMILES string of the molecule is Cc1cc(NC(=O)c2ccc3c(c2)NC(=O)CNC3=O)ccc1NC(=O)c1ccco1. The molecule has 0 saturated heterocycles. The van der Waals surface area contributed by atoms with E-state index in [1.54, 1.807) is 37.3 Å². The summed E-state index contributed by atoms with van der Waals surface area (Å²) in [4.78, 5) is 48.5. The molecule has 0 saturated carbocycles. The maximum Gasteiger partial charge on any atom is 0.291 e. The molecule has 3 aromatic rings. The molecule has 1 aliphatic heterocycles. The summed E-state index contributed by atoms with van der Waals surface area (Å²) in [6.07, 6.45) is 1.42. The Morgan fingerprint density at radius 2 is 1.84 bits per heavy atom. The minimum absolute atomic E-state index is 0.128. The predicted molar refractivity (Wildman–Crippen MR) is 113 cm³/mol. The van der Waals surface area contributed by atoms with Gasteiger partial charge in [-0.05, 0) is 61.0 Å². The molecule has 156 valence electrons. The Bertz CT molecular complexity index is 1200. The maximum absolute atomic E-state index is 12.7. The smallest absolute Gasteiger partial charge is 0.291 e. The van der Waals surface area contributed by atoms with Gasteiger partial charge in [-0.1, -0.05) is 0 Å². The molecule has 4 amide bonds. The molecule has 0 spiro atoms. The van der Waals surface area contributed by atoms with Crippen LogP contribution in [0.4, 0.5) is 17.1 Å². The van der Waals surface area contributed by atoms with Crippen molar-refractivity contribution in [1.29, 1.82) is 0 Å². The highest BCUT2D eigenvalue weighted by Gasteiger charge is 2.20. The molecule has 0 radical (unpaired) electrons. The Labute approximate surface area is 176 Å². The lowest BCUT2D eigenvalue weighted by Gasteiger charge is -2.12. The average Bonchev–Trinajstić information content (AvgIpc) is 3.24. The van der Waals surface area contributed by atoms with Gasteiger partial charge < -0.3 is 25.7 Å². The number of rotatable bonds is 4. The summed E-state index contributed by atoms with van der Waals surface area (Å²) in [6, 6.07) is 12.7. The summed E-state index contributed by atoms with van der Waals surface area (Å²) in [7, 11) is 0. The van der Waals surface area contributed by atoms with E-state index in [0.717, 1.165) is 5.56 Å². The van der Waals surface area contributed by atoms with E-state index >= 15 is 0 Å². The first-order valence-corrected chi connectivity index (χ1v) is 9.39. The fourth-order valence-electron chi connectivity index (χ4n) is 3.11. The van der Waals surface area contributed by atoms with Crippen LogP contribution in [0.3, 0.4) is 0 Å². The lowest BCUT2D eigenvalue weighted by molar-refractivity contribution is -0.115. The van der Waals surface area contributed by atoms with Crippen LogP contribution in [-0.2, 0) is 4.79 Å². The van der Waals surface area contributed by atoms with E-state index in [1.807, 2.05) is 0 Å². The molecule has 2 aromatic carbocycles. The number of aryl methyl sites for hydroxylation is 1. The number of carbonyl (C=O) groups excluding carboxylic acids is 4. The normalized spacial score (nSPS) is 12.8. The van der Waals surface area contributed by atoms with Crippen molar-refractivity contribution in [1.82, 2.24) is 5.32 Å². The molecule has 4 rings (SSSR count). The number of carbonyl (C=O) groups is 4. The number of furan rings is 1. The van der Waals surface area contributed by atoms with Gasteiger partial charge in [0.05, 0.1) is 24.1 Å². The summed E-state index contributed by atoms with van der Waals surface area (Å²) in [5.74, 6) is -1.34. The second-order valence-corrected chi connectivity index (χ2v) is 6.91. The Morgan fingerprint density at radius 1 is 1.00 bits per heavy atom. The van der Waals surface area contributed by atoms with Crippen LogP contribution in [0, 0.1) is 6.92 Å². The maximum atomic E-state index is 12.7. The van der Waals surface area contributed by atoms with Crippen LogP contribution >= 0.6 is 0 Å². The van der Waals surface area contributed by atoms with Crippen molar-refractivity contribution in [2.24, 2.45) is 0 Å². The lowest BCUT2D eigenvalue weighted by Crippen LogP contribution is -2.28. The molecule has 9 heteroatoms. The van der Waals surface area contributed by atoms with Gasteiger partial charge in [-0.25, -0.2) is 0 Å². The molecule has 1 aromatic heterocycles. The van der Waals surface area contributed by atoms with Gasteiger partial charge in [0.2, 0.25) is 5.91 Å². The highest BCUT2D eigenvalue weighted by Crippen LogP contribution is 2.23. The molecule has 31 heavy (non-hydrogen) atoms. The van der Waals surface area contributed by atoms with Crippen molar-refractivity contribution in [2.75, 3.05) is 22.5 Å². The first-order valence-electron chi connectivity index (χ1n) is 9.39. The number of nitrogens with one attached hydrogen (secondary N) is 4. The van der Waals surface area contributed by atoms with E-state index in [4.69, 9.17) is 4.42 Å². The van der Waals surface area contributed by atoms with E-state index in [-0.39, 0.29) is 46.8 Å². The summed E-state index contributed by atoms with van der Waals surface area (Å²) >= 11 is 0. The zero-order chi connectivity index (χ0) is 22.0. The molecular weight excluding hydrogens is 400 g/mol. The van der Waals surface area contributed by atoms with Crippen molar-refractivity contribution < 1.29 is 23.6 Å². The molecular formula is C22H18N4O5. The number of hydrogen-bond donors (Lipinski definition) is 4. The minimum Gasteiger partial charge on any atom is -0.459 e. The van der Waals surface area contributed by atoms with Gasteiger partial charge in [0.25, 0.3) is 17.7 Å². The summed E-state index contributed by atoms with van der Waals surface area (Å²) in [5.41, 5.74) is 2.69. The van der Waals surface area contributed by atoms with Gasteiger partial charge in [-0.2, -0.15) is 0 Å². The molecule has 0 bridgehead atoms. The monoisotopic (exact) mass is 418 g/mol. The third kappa shape index (κ3) is 4.30. The van der Waals surface area contributed by atoms with Crippen LogP contribution < -0.4 is 21.3 Å². The zero-order valence-electron chi connectivity index (χ0n) is 16.4. The van der Waals surface area contributed by atoms with Crippen LogP contribution in [0.5, 0.6) is 0 Å². The van der Waals surface area contributed by atoms with Gasteiger partial charge in [-0.15, -0.1) is 0 Å². The third-order valence-corrected chi connectivity index (χ3v) is 4.69. The van der Waals surface area contributed by atoms with Crippen LogP contribution in [0.15, 0.2) is 59.2 Å². The van der Waals surface area contributed by atoms with Gasteiger partial charge in [-0.3, -0.25) is 19.2 Å². The number of benzene rings is 2. The van der Waals surface area contributed by atoms with Gasteiger partial charge in [0.15, 0.2) is 5.76 Å². The number of hydrogen-bond acceptors (Lipinski definition) is 5. The zero-order valence-corrected chi connectivity index (χ0v) is 16.4. The number of fused-ring (bicyclic) bond motifs is 1. The van der Waals surface area contributed by atoms with E-state index in [0.29, 0.717) is 11.4 Å². The summed E-state index contributed by atoms with van der Waals surface area (Å²) in [6.45, 7) is 1.67. The molecule has 2 heterocycles. The van der Waals surface area contributed by atoms with Crippen molar-refractivity contribution in [2.45, 2.75) is 6.92 Å². The average molecular weight is 418 g/mol. The molecule has 0 fully saturated rings. The van der Waals surface area contributed by atoms with Crippen LogP contribution in [0.1, 0.15) is 36.8 Å². The van der Waals surface area contributed by atoms with Crippen molar-refractivity contribution in [3.8, 4) is 0 Å². The Morgan fingerprint density at radius 3 is 2.58 bits per heavy atom.